The minimum Gasteiger partial charge on any atom is -0.369 e. The van der Waals surface area contributed by atoms with E-state index in [2.05, 4.69) is 5.32 Å². The maximum Gasteiger partial charge on any atom is 0.227 e. The first kappa shape index (κ1) is 16.5. The summed E-state index contributed by atoms with van der Waals surface area (Å²) in [7, 11) is 0. The summed E-state index contributed by atoms with van der Waals surface area (Å²) >= 11 is 0. The van der Waals surface area contributed by atoms with Gasteiger partial charge in [0.1, 0.15) is 0 Å². The monoisotopic (exact) mass is 297 g/mol. The number of carbonyl (C=O) groups excluding carboxylic acids is 2. The summed E-state index contributed by atoms with van der Waals surface area (Å²) in [6, 6.07) is 7.30. The van der Waals surface area contributed by atoms with Gasteiger partial charge < -0.3 is 16.8 Å². The van der Waals surface area contributed by atoms with Gasteiger partial charge >= 0.3 is 0 Å². The van der Waals surface area contributed by atoms with Crippen LogP contribution in [0, 0.1) is 5.92 Å². The molecule has 1 saturated carbocycles. The first-order valence-electron chi connectivity index (χ1n) is 6.48. The summed E-state index contributed by atoms with van der Waals surface area (Å²) in [5.74, 6) is -0.326. The van der Waals surface area contributed by atoms with Crippen molar-refractivity contribution < 1.29 is 9.59 Å². The fourth-order valence-electron chi connectivity index (χ4n) is 2.41. The SMILES string of the molecule is Cl.NC(=O)Cc1ccc(NC(=O)C2CCC(N)C2)cc1. The van der Waals surface area contributed by atoms with E-state index in [1.807, 2.05) is 0 Å². The van der Waals surface area contributed by atoms with Crippen molar-refractivity contribution >= 4 is 29.9 Å². The summed E-state index contributed by atoms with van der Waals surface area (Å²) in [5, 5.41) is 2.87. The second kappa shape index (κ2) is 7.26. The maximum atomic E-state index is 12.0. The number of carbonyl (C=O) groups is 2. The van der Waals surface area contributed by atoms with Crippen LogP contribution in [0.2, 0.25) is 0 Å². The second-order valence-corrected chi connectivity index (χ2v) is 5.10. The smallest absolute Gasteiger partial charge is 0.227 e. The molecule has 5 nitrogen and oxygen atoms in total. The number of amides is 2. The van der Waals surface area contributed by atoms with Crippen molar-refractivity contribution in [3.05, 3.63) is 29.8 Å². The lowest BCUT2D eigenvalue weighted by Crippen LogP contribution is -2.23. The summed E-state index contributed by atoms with van der Waals surface area (Å²) in [6.45, 7) is 0. The normalized spacial score (nSPS) is 21.1. The van der Waals surface area contributed by atoms with Crippen LogP contribution in [0.25, 0.3) is 0 Å². The quantitative estimate of drug-likeness (QED) is 0.779. The molecular weight excluding hydrogens is 278 g/mol. The number of hydrogen-bond acceptors (Lipinski definition) is 3. The van der Waals surface area contributed by atoms with Crippen LogP contribution in [-0.4, -0.2) is 17.9 Å². The number of rotatable bonds is 4. The minimum atomic E-state index is -0.364. The summed E-state index contributed by atoms with van der Waals surface area (Å²) in [5.41, 5.74) is 12.5. The standard InChI is InChI=1S/C14H19N3O2.ClH/c15-11-4-3-10(8-11)14(19)17-12-5-1-9(2-6-12)7-13(16)18;/h1-2,5-6,10-11H,3-4,7-8,15H2,(H2,16,18)(H,17,19);1H. The Balaban J connectivity index is 0.00000200. The number of anilines is 1. The van der Waals surface area contributed by atoms with E-state index in [1.54, 1.807) is 24.3 Å². The van der Waals surface area contributed by atoms with Crippen molar-refractivity contribution in [2.45, 2.75) is 31.7 Å². The molecule has 0 heterocycles. The van der Waals surface area contributed by atoms with Crippen LogP contribution in [0.3, 0.4) is 0 Å². The van der Waals surface area contributed by atoms with Crippen molar-refractivity contribution in [2.24, 2.45) is 17.4 Å². The van der Waals surface area contributed by atoms with E-state index in [0.29, 0.717) is 0 Å². The molecule has 2 atom stereocenters. The molecule has 0 spiro atoms. The average molecular weight is 298 g/mol. The Kier molecular flexibility index (Phi) is 5.98. The van der Waals surface area contributed by atoms with Crippen molar-refractivity contribution in [2.75, 3.05) is 5.32 Å². The third-order valence-corrected chi connectivity index (χ3v) is 3.44. The Morgan fingerprint density at radius 3 is 2.35 bits per heavy atom. The molecule has 20 heavy (non-hydrogen) atoms. The molecule has 5 N–H and O–H groups in total. The highest BCUT2D eigenvalue weighted by molar-refractivity contribution is 5.92. The number of primary amides is 1. The third kappa shape index (κ3) is 4.51. The van der Waals surface area contributed by atoms with E-state index in [4.69, 9.17) is 11.5 Å². The zero-order chi connectivity index (χ0) is 13.8. The largest absolute Gasteiger partial charge is 0.369 e. The average Bonchev–Trinajstić information content (AvgIpc) is 2.78. The van der Waals surface area contributed by atoms with Gasteiger partial charge in [0, 0.05) is 17.6 Å². The van der Waals surface area contributed by atoms with Crippen LogP contribution < -0.4 is 16.8 Å². The Labute approximate surface area is 124 Å². The van der Waals surface area contributed by atoms with Crippen molar-refractivity contribution in [1.29, 1.82) is 0 Å². The van der Waals surface area contributed by atoms with E-state index < -0.39 is 0 Å². The van der Waals surface area contributed by atoms with Crippen LogP contribution in [0.4, 0.5) is 5.69 Å². The number of nitrogens with one attached hydrogen (secondary N) is 1. The Bertz CT molecular complexity index is 476. The zero-order valence-electron chi connectivity index (χ0n) is 11.2. The fraction of sp³-hybridized carbons (Fsp3) is 0.429. The molecular formula is C14H20ClN3O2. The van der Waals surface area contributed by atoms with Gasteiger partial charge in [-0.1, -0.05) is 12.1 Å². The molecule has 110 valence electrons. The lowest BCUT2D eigenvalue weighted by atomic mass is 10.1. The maximum absolute atomic E-state index is 12.0. The van der Waals surface area contributed by atoms with Gasteiger partial charge in [-0.25, -0.2) is 0 Å². The van der Waals surface area contributed by atoms with E-state index >= 15 is 0 Å². The molecule has 1 fully saturated rings. The topological polar surface area (TPSA) is 98.2 Å². The third-order valence-electron chi connectivity index (χ3n) is 3.44. The Hall–Kier alpha value is -1.59. The van der Waals surface area contributed by atoms with Crippen LogP contribution in [-0.2, 0) is 16.0 Å². The summed E-state index contributed by atoms with van der Waals surface area (Å²) < 4.78 is 0. The molecule has 0 saturated heterocycles. The molecule has 1 aliphatic rings. The molecule has 2 unspecified atom stereocenters. The number of hydrogen-bond donors (Lipinski definition) is 3. The van der Waals surface area contributed by atoms with E-state index in [0.717, 1.165) is 30.5 Å². The summed E-state index contributed by atoms with van der Waals surface area (Å²) in [4.78, 5) is 22.8. The molecule has 1 aromatic carbocycles. The molecule has 1 aliphatic carbocycles. The van der Waals surface area contributed by atoms with Crippen molar-refractivity contribution in [3.8, 4) is 0 Å². The van der Waals surface area contributed by atoms with Crippen LogP contribution >= 0.6 is 12.4 Å². The summed E-state index contributed by atoms with van der Waals surface area (Å²) in [6.07, 6.45) is 2.74. The zero-order valence-corrected chi connectivity index (χ0v) is 12.0. The van der Waals surface area contributed by atoms with Gasteiger partial charge in [-0.15, -0.1) is 12.4 Å². The van der Waals surface area contributed by atoms with Gasteiger partial charge in [-0.2, -0.15) is 0 Å². The molecule has 6 heteroatoms. The molecule has 0 bridgehead atoms. The lowest BCUT2D eigenvalue weighted by molar-refractivity contribution is -0.120. The Morgan fingerprint density at radius 1 is 1.20 bits per heavy atom. The number of nitrogens with two attached hydrogens (primary N) is 2. The van der Waals surface area contributed by atoms with Crippen LogP contribution in [0.5, 0.6) is 0 Å². The van der Waals surface area contributed by atoms with E-state index in [-0.39, 0.29) is 42.6 Å². The molecule has 2 amide bonds. The highest BCUT2D eigenvalue weighted by Crippen LogP contribution is 2.25. The van der Waals surface area contributed by atoms with Gasteiger partial charge in [0.2, 0.25) is 11.8 Å². The Morgan fingerprint density at radius 2 is 1.85 bits per heavy atom. The van der Waals surface area contributed by atoms with Gasteiger partial charge in [0.15, 0.2) is 0 Å². The van der Waals surface area contributed by atoms with Gasteiger partial charge in [0.05, 0.1) is 6.42 Å². The fourth-order valence-corrected chi connectivity index (χ4v) is 2.41. The van der Waals surface area contributed by atoms with Gasteiger partial charge in [-0.3, -0.25) is 9.59 Å². The van der Waals surface area contributed by atoms with E-state index in [1.165, 1.54) is 0 Å². The van der Waals surface area contributed by atoms with Gasteiger partial charge in [0.25, 0.3) is 0 Å². The van der Waals surface area contributed by atoms with Crippen LogP contribution in [0.1, 0.15) is 24.8 Å². The van der Waals surface area contributed by atoms with E-state index in [9.17, 15) is 9.59 Å². The molecule has 2 rings (SSSR count). The van der Waals surface area contributed by atoms with Crippen molar-refractivity contribution in [1.82, 2.24) is 0 Å². The number of benzene rings is 1. The molecule has 0 aromatic heterocycles. The molecule has 0 radical (unpaired) electrons. The number of halogens is 1. The predicted molar refractivity (Wildman–Crippen MR) is 80.5 cm³/mol. The van der Waals surface area contributed by atoms with Crippen LogP contribution in [0.15, 0.2) is 24.3 Å². The highest BCUT2D eigenvalue weighted by Gasteiger charge is 2.27. The first-order chi connectivity index (χ1) is 9.04. The highest BCUT2D eigenvalue weighted by atomic mass is 35.5. The first-order valence-corrected chi connectivity index (χ1v) is 6.48. The van der Waals surface area contributed by atoms with Crippen molar-refractivity contribution in [3.63, 3.8) is 0 Å². The molecule has 1 aromatic rings. The minimum absolute atomic E-state index is 0. The molecule has 0 aliphatic heterocycles. The lowest BCUT2D eigenvalue weighted by Gasteiger charge is -2.11. The van der Waals surface area contributed by atoms with Gasteiger partial charge in [-0.05, 0) is 37.0 Å². The predicted octanol–water partition coefficient (Wildman–Crippen LogP) is 1.20. The second-order valence-electron chi connectivity index (χ2n) is 5.10.